The molecule has 0 aliphatic rings. The first-order valence-corrected chi connectivity index (χ1v) is 0.428. The Bertz CT molecular complexity index is 17.1. The molecule has 0 rings (SSSR count). The van der Waals surface area contributed by atoms with E-state index in [1.807, 2.05) is 0 Å². The fraction of sp³-hybridized carbons (Fsp3) is 0. The van der Waals surface area contributed by atoms with Crippen molar-refractivity contribution in [2.45, 2.75) is 0 Å². The predicted molar refractivity (Wildman–Crippen MR) is 8.32 cm³/mol. The molecule has 0 amide bonds. The van der Waals surface area contributed by atoms with Crippen LogP contribution in [0, 0.1) is 0 Å². The number of hydrogen-bond acceptors (Lipinski definition) is 1. The molecule has 0 bridgehead atoms. The molecule has 5 heavy (non-hydrogen) atoms. The molecule has 0 atom stereocenters. The Morgan fingerprint density at radius 3 is 1.60 bits per heavy atom. The maximum absolute atomic E-state index is 8.24. The van der Waals surface area contributed by atoms with Gasteiger partial charge < -0.3 is 9.90 Å². The topological polar surface area (TPSA) is 37.3 Å². The first-order valence-electron chi connectivity index (χ1n) is 0.428. The summed E-state index contributed by atoms with van der Waals surface area (Å²) in [5.41, 5.74) is 0. The minimum Gasteiger partial charge on any atom is -0.665 e. The van der Waals surface area contributed by atoms with Crippen LogP contribution in [0.5, 0.6) is 0 Å². The monoisotopic (exact) mass is 160 g/mol. The van der Waals surface area contributed by atoms with Gasteiger partial charge in [-0.3, -0.25) is 0 Å². The molecule has 0 saturated heterocycles. The van der Waals surface area contributed by atoms with Crippen molar-refractivity contribution < 1.29 is 43.7 Å². The fourth-order valence-corrected chi connectivity index (χ4v) is 0. The van der Waals surface area contributed by atoms with Crippen LogP contribution in [0.2, 0.25) is 0 Å². The van der Waals surface area contributed by atoms with E-state index in [1.165, 1.54) is 0 Å². The van der Waals surface area contributed by atoms with Gasteiger partial charge in [0.05, 0.1) is 0 Å². The van der Waals surface area contributed by atoms with Crippen LogP contribution in [0.3, 0.4) is 0 Å². The predicted octanol–water partition coefficient (Wildman–Crippen LogP) is -0.393. The maximum Gasteiger partial charge on any atom is 0 e. The van der Waals surface area contributed by atoms with E-state index < -0.39 is 0 Å². The summed E-state index contributed by atoms with van der Waals surface area (Å²) in [6, 6.07) is 0. The van der Waals surface area contributed by atoms with Gasteiger partial charge in [0, 0.05) is 33.8 Å². The summed E-state index contributed by atoms with van der Waals surface area (Å²) in [6.07, 6.45) is 0. The molecule has 0 fully saturated rings. The van der Waals surface area contributed by atoms with Crippen LogP contribution in [-0.4, -0.2) is 11.6 Å². The summed E-state index contributed by atoms with van der Waals surface area (Å²) >= 11 is 0. The first-order chi connectivity index (χ1) is 1.41. The SMILES string of the molecule is O=[C-]O.[Co].[Fe]. The van der Waals surface area contributed by atoms with Crippen LogP contribution < -0.4 is 0 Å². The van der Waals surface area contributed by atoms with Crippen LogP contribution in [0.4, 0.5) is 0 Å². The van der Waals surface area contributed by atoms with Crippen LogP contribution in [0.15, 0.2) is 0 Å². The van der Waals surface area contributed by atoms with Crippen molar-refractivity contribution in [3.63, 3.8) is 0 Å². The standard InChI is InChI=1S/CHO2.Co.Fe/c2-1-3;;/h(H,2,3);;/q-1;;. The molecule has 0 aromatic carbocycles. The van der Waals surface area contributed by atoms with Crippen LogP contribution >= 0.6 is 0 Å². The minimum atomic E-state index is 0. The van der Waals surface area contributed by atoms with Gasteiger partial charge in [0.15, 0.2) is 0 Å². The van der Waals surface area contributed by atoms with E-state index >= 15 is 0 Å². The first kappa shape index (κ1) is 17.8. The Hall–Kier alpha value is 0.496. The van der Waals surface area contributed by atoms with Gasteiger partial charge >= 0.3 is 0 Å². The molecule has 1 N–H and O–H groups in total. The Kier molecular flexibility index (Phi) is 87.6. The summed E-state index contributed by atoms with van der Waals surface area (Å²) in [7, 11) is 0. The molecule has 0 heterocycles. The normalized spacial score (nSPS) is 2.40. The van der Waals surface area contributed by atoms with E-state index in [4.69, 9.17) is 9.90 Å². The zero-order chi connectivity index (χ0) is 2.71. The largest absolute Gasteiger partial charge is 0.665 e. The van der Waals surface area contributed by atoms with E-state index in [0.29, 0.717) is 6.47 Å². The van der Waals surface area contributed by atoms with Crippen molar-refractivity contribution >= 4 is 6.47 Å². The Morgan fingerprint density at radius 1 is 1.60 bits per heavy atom. The van der Waals surface area contributed by atoms with Gasteiger partial charge in [-0.2, -0.15) is 0 Å². The Labute approximate surface area is 50.6 Å². The molecule has 0 aromatic rings. The van der Waals surface area contributed by atoms with Crippen molar-refractivity contribution in [3.8, 4) is 0 Å². The maximum atomic E-state index is 8.24. The minimum absolute atomic E-state index is 0. The van der Waals surface area contributed by atoms with E-state index in [1.54, 1.807) is 0 Å². The van der Waals surface area contributed by atoms with Crippen LogP contribution in [-0.2, 0) is 38.6 Å². The van der Waals surface area contributed by atoms with Gasteiger partial charge in [-0.05, 0) is 0 Å². The molecule has 0 aliphatic heterocycles. The van der Waals surface area contributed by atoms with Crippen LogP contribution in [0.25, 0.3) is 0 Å². The zero-order valence-electron chi connectivity index (χ0n) is 2.04. The van der Waals surface area contributed by atoms with Gasteiger partial charge in [-0.1, -0.05) is 6.47 Å². The van der Waals surface area contributed by atoms with E-state index in [9.17, 15) is 0 Å². The second-order valence-electron chi connectivity index (χ2n) is 0.0913. The van der Waals surface area contributed by atoms with E-state index in [2.05, 4.69) is 0 Å². The van der Waals surface area contributed by atoms with Crippen molar-refractivity contribution in [3.05, 3.63) is 0 Å². The number of hydrogen-bond donors (Lipinski definition) is 1. The molecule has 0 saturated carbocycles. The van der Waals surface area contributed by atoms with Crippen molar-refractivity contribution in [2.24, 2.45) is 0 Å². The molecular formula is CHCoFeO2-. The quantitative estimate of drug-likeness (QED) is 0.386. The van der Waals surface area contributed by atoms with Gasteiger partial charge in [-0.25, -0.2) is 0 Å². The van der Waals surface area contributed by atoms with Crippen LogP contribution in [0.1, 0.15) is 0 Å². The summed E-state index contributed by atoms with van der Waals surface area (Å²) < 4.78 is 0. The van der Waals surface area contributed by atoms with Crippen molar-refractivity contribution in [1.82, 2.24) is 0 Å². The van der Waals surface area contributed by atoms with Crippen molar-refractivity contribution in [2.75, 3.05) is 0 Å². The molecule has 2 nitrogen and oxygen atoms in total. The number of rotatable bonds is 0. The van der Waals surface area contributed by atoms with Gasteiger partial charge in [0.25, 0.3) is 0 Å². The van der Waals surface area contributed by atoms with Crippen molar-refractivity contribution in [1.29, 1.82) is 0 Å². The molecule has 0 unspecified atom stereocenters. The second-order valence-corrected chi connectivity index (χ2v) is 0.0913. The summed E-state index contributed by atoms with van der Waals surface area (Å²) in [4.78, 5) is 8.24. The smallest absolute Gasteiger partial charge is 0 e. The molecule has 35 valence electrons. The summed E-state index contributed by atoms with van der Waals surface area (Å²) in [5.74, 6) is 0. The molecule has 1 radical (unpaired) electrons. The Balaban J connectivity index is -0.0000000200. The van der Waals surface area contributed by atoms with Gasteiger partial charge in [-0.15, -0.1) is 0 Å². The molecular weight excluding hydrogens is 159 g/mol. The van der Waals surface area contributed by atoms with E-state index in [-0.39, 0.29) is 33.8 Å². The van der Waals surface area contributed by atoms with Gasteiger partial charge in [0.2, 0.25) is 0 Å². The summed E-state index contributed by atoms with van der Waals surface area (Å²) in [5, 5.41) is 6.76. The number of aliphatic hydroxyl groups excluding tert-OH is 1. The zero-order valence-corrected chi connectivity index (χ0v) is 4.19. The average Bonchev–Trinajstić information content (AvgIpc) is 0.918. The Morgan fingerprint density at radius 2 is 1.60 bits per heavy atom. The van der Waals surface area contributed by atoms with Gasteiger partial charge in [0.1, 0.15) is 0 Å². The summed E-state index contributed by atoms with van der Waals surface area (Å²) in [6.45, 7) is 0.500. The third-order valence-electron chi connectivity index (χ3n) is 0. The fourth-order valence-electron chi connectivity index (χ4n) is 0. The third kappa shape index (κ3) is 114. The third-order valence-corrected chi connectivity index (χ3v) is 0. The molecule has 0 aromatic heterocycles. The van der Waals surface area contributed by atoms with E-state index in [0.717, 1.165) is 0 Å². The molecule has 0 aliphatic carbocycles. The molecule has 0 spiro atoms. The molecule has 4 heteroatoms. The second kappa shape index (κ2) is 24.6. The average molecular weight is 160 g/mol.